The van der Waals surface area contributed by atoms with Crippen LogP contribution in [-0.4, -0.2) is 23.0 Å². The van der Waals surface area contributed by atoms with Crippen molar-refractivity contribution in [3.63, 3.8) is 0 Å². The Morgan fingerprint density at radius 2 is 2.06 bits per heavy atom. The third kappa shape index (κ3) is 3.76. The molecule has 0 aliphatic heterocycles. The van der Waals surface area contributed by atoms with Gasteiger partial charge in [0.1, 0.15) is 6.04 Å². The number of hydrogen-bond donors (Lipinski definition) is 3. The van der Waals surface area contributed by atoms with Crippen molar-refractivity contribution in [2.24, 2.45) is 0 Å². The van der Waals surface area contributed by atoms with Crippen LogP contribution in [0.25, 0.3) is 0 Å². The maximum Gasteiger partial charge on any atom is 0.326 e. The third-order valence-corrected chi connectivity index (χ3v) is 2.66. The van der Waals surface area contributed by atoms with Gasteiger partial charge in [-0.2, -0.15) is 0 Å². The van der Waals surface area contributed by atoms with Gasteiger partial charge in [0.25, 0.3) is 5.91 Å². The Balaban J connectivity index is 2.72. The van der Waals surface area contributed by atoms with Gasteiger partial charge in [0.15, 0.2) is 0 Å². The molecule has 0 saturated carbocycles. The highest BCUT2D eigenvalue weighted by molar-refractivity contribution is 6.00. The van der Waals surface area contributed by atoms with E-state index in [0.29, 0.717) is 17.7 Å². The monoisotopic (exact) mass is 250 g/mol. The predicted octanol–water partition coefficient (Wildman–Crippen LogP) is 1.64. The molecule has 1 amide bonds. The van der Waals surface area contributed by atoms with E-state index in [1.807, 2.05) is 6.92 Å². The summed E-state index contributed by atoms with van der Waals surface area (Å²) in [5.41, 5.74) is 6.31. The van der Waals surface area contributed by atoms with Gasteiger partial charge >= 0.3 is 5.97 Å². The first-order valence-electron chi connectivity index (χ1n) is 5.94. The number of para-hydroxylation sites is 1. The molecule has 98 valence electrons. The molecule has 5 heteroatoms. The zero-order chi connectivity index (χ0) is 13.5. The van der Waals surface area contributed by atoms with Crippen molar-refractivity contribution in [3.05, 3.63) is 29.8 Å². The number of unbranched alkanes of at least 4 members (excludes halogenated alkanes) is 1. The predicted molar refractivity (Wildman–Crippen MR) is 69.3 cm³/mol. The minimum atomic E-state index is -1.02. The second-order valence-electron chi connectivity index (χ2n) is 4.09. The highest BCUT2D eigenvalue weighted by Crippen LogP contribution is 2.11. The van der Waals surface area contributed by atoms with E-state index in [-0.39, 0.29) is 0 Å². The molecular weight excluding hydrogens is 232 g/mol. The molecule has 0 spiro atoms. The van der Waals surface area contributed by atoms with E-state index in [2.05, 4.69) is 5.32 Å². The van der Waals surface area contributed by atoms with Gasteiger partial charge in [0.2, 0.25) is 0 Å². The molecule has 0 heterocycles. The number of carboxylic acids is 1. The van der Waals surface area contributed by atoms with Crippen molar-refractivity contribution in [2.45, 2.75) is 32.2 Å². The maximum absolute atomic E-state index is 11.9. The molecule has 5 nitrogen and oxygen atoms in total. The lowest BCUT2D eigenvalue weighted by atomic mass is 10.1. The molecule has 1 atom stereocenters. The van der Waals surface area contributed by atoms with Crippen LogP contribution >= 0.6 is 0 Å². The topological polar surface area (TPSA) is 92.4 Å². The summed E-state index contributed by atoms with van der Waals surface area (Å²) < 4.78 is 0. The first-order chi connectivity index (χ1) is 8.56. The molecule has 18 heavy (non-hydrogen) atoms. The zero-order valence-electron chi connectivity index (χ0n) is 10.3. The number of hydrogen-bond acceptors (Lipinski definition) is 3. The van der Waals surface area contributed by atoms with Gasteiger partial charge in [-0.1, -0.05) is 31.9 Å². The van der Waals surface area contributed by atoms with Gasteiger partial charge in [-0.25, -0.2) is 4.79 Å². The molecule has 0 bridgehead atoms. The fraction of sp³-hybridized carbons (Fsp3) is 0.385. The van der Waals surface area contributed by atoms with Crippen molar-refractivity contribution in [1.82, 2.24) is 5.32 Å². The van der Waals surface area contributed by atoms with Crippen LogP contribution in [0.2, 0.25) is 0 Å². The van der Waals surface area contributed by atoms with Crippen molar-refractivity contribution in [3.8, 4) is 0 Å². The van der Waals surface area contributed by atoms with Crippen molar-refractivity contribution >= 4 is 17.6 Å². The van der Waals surface area contributed by atoms with Gasteiger partial charge < -0.3 is 16.2 Å². The lowest BCUT2D eigenvalue weighted by Gasteiger charge is -2.14. The zero-order valence-corrected chi connectivity index (χ0v) is 10.3. The Labute approximate surface area is 106 Å². The lowest BCUT2D eigenvalue weighted by molar-refractivity contribution is -0.139. The molecular formula is C13H18N2O3. The van der Waals surface area contributed by atoms with E-state index in [0.717, 1.165) is 12.8 Å². The van der Waals surface area contributed by atoms with Crippen LogP contribution in [0.5, 0.6) is 0 Å². The summed E-state index contributed by atoms with van der Waals surface area (Å²) in [4.78, 5) is 22.9. The largest absolute Gasteiger partial charge is 0.480 e. The molecule has 0 fully saturated rings. The second-order valence-corrected chi connectivity index (χ2v) is 4.09. The SMILES string of the molecule is CCCC[C@H](NC(=O)c1ccccc1N)C(=O)O. The third-order valence-electron chi connectivity index (χ3n) is 2.66. The van der Waals surface area contributed by atoms with Crippen LogP contribution in [0.1, 0.15) is 36.5 Å². The number of rotatable bonds is 6. The Morgan fingerprint density at radius 3 is 2.61 bits per heavy atom. The Kier molecular flexibility index (Phi) is 5.17. The molecule has 1 rings (SSSR count). The van der Waals surface area contributed by atoms with Gasteiger partial charge in [-0.3, -0.25) is 4.79 Å². The van der Waals surface area contributed by atoms with Crippen molar-refractivity contribution < 1.29 is 14.7 Å². The Morgan fingerprint density at radius 1 is 1.39 bits per heavy atom. The van der Waals surface area contributed by atoms with E-state index in [1.54, 1.807) is 24.3 Å². The molecule has 0 aromatic heterocycles. The number of benzene rings is 1. The summed E-state index contributed by atoms with van der Waals surface area (Å²) in [6.07, 6.45) is 2.05. The lowest BCUT2D eigenvalue weighted by Crippen LogP contribution is -2.40. The number of carbonyl (C=O) groups excluding carboxylic acids is 1. The fourth-order valence-corrected chi connectivity index (χ4v) is 1.61. The maximum atomic E-state index is 11.9. The highest BCUT2D eigenvalue weighted by atomic mass is 16.4. The molecule has 0 saturated heterocycles. The van der Waals surface area contributed by atoms with Gasteiger partial charge in [-0.05, 0) is 18.6 Å². The minimum Gasteiger partial charge on any atom is -0.480 e. The summed E-state index contributed by atoms with van der Waals surface area (Å²) in [7, 11) is 0. The first kappa shape index (κ1) is 14.0. The van der Waals surface area contributed by atoms with Gasteiger partial charge in [0.05, 0.1) is 5.56 Å². The number of nitrogen functional groups attached to an aromatic ring is 1. The fourth-order valence-electron chi connectivity index (χ4n) is 1.61. The highest BCUT2D eigenvalue weighted by Gasteiger charge is 2.20. The molecule has 1 aromatic rings. The average Bonchev–Trinajstić information content (AvgIpc) is 2.34. The second kappa shape index (κ2) is 6.64. The van der Waals surface area contributed by atoms with E-state index in [1.165, 1.54) is 0 Å². The number of anilines is 1. The number of nitrogens with one attached hydrogen (secondary N) is 1. The molecule has 0 radical (unpaired) electrons. The Bertz CT molecular complexity index is 432. The number of aliphatic carboxylic acids is 1. The summed E-state index contributed by atoms with van der Waals surface area (Å²) in [5, 5.41) is 11.5. The number of carboxylic acid groups (broad SMARTS) is 1. The number of carbonyl (C=O) groups is 2. The van der Waals surface area contributed by atoms with Crippen LogP contribution in [0, 0.1) is 0 Å². The molecule has 0 unspecified atom stereocenters. The first-order valence-corrected chi connectivity index (χ1v) is 5.94. The number of nitrogens with two attached hydrogens (primary N) is 1. The van der Waals surface area contributed by atoms with Gasteiger partial charge in [0, 0.05) is 5.69 Å². The molecule has 1 aromatic carbocycles. The Hall–Kier alpha value is -2.04. The summed E-state index contributed by atoms with van der Waals surface area (Å²) in [6, 6.07) is 5.72. The molecule has 0 aliphatic rings. The molecule has 0 aliphatic carbocycles. The van der Waals surface area contributed by atoms with E-state index < -0.39 is 17.9 Å². The van der Waals surface area contributed by atoms with Crippen LogP contribution < -0.4 is 11.1 Å². The van der Waals surface area contributed by atoms with Crippen molar-refractivity contribution in [1.29, 1.82) is 0 Å². The summed E-state index contributed by atoms with van der Waals surface area (Å²) in [6.45, 7) is 1.97. The smallest absolute Gasteiger partial charge is 0.326 e. The number of amides is 1. The van der Waals surface area contributed by atoms with Crippen LogP contribution in [0.4, 0.5) is 5.69 Å². The summed E-state index contributed by atoms with van der Waals surface area (Å²) >= 11 is 0. The normalized spacial score (nSPS) is 11.8. The van der Waals surface area contributed by atoms with E-state index in [4.69, 9.17) is 10.8 Å². The van der Waals surface area contributed by atoms with Crippen LogP contribution in [0.3, 0.4) is 0 Å². The van der Waals surface area contributed by atoms with E-state index >= 15 is 0 Å². The quantitative estimate of drug-likeness (QED) is 0.669. The average molecular weight is 250 g/mol. The van der Waals surface area contributed by atoms with Crippen LogP contribution in [0.15, 0.2) is 24.3 Å². The minimum absolute atomic E-state index is 0.306. The standard InChI is InChI=1S/C13H18N2O3/c1-2-3-8-11(13(17)18)15-12(16)9-6-4-5-7-10(9)14/h4-7,11H,2-3,8,14H2,1H3,(H,15,16)(H,17,18)/t11-/m0/s1. The van der Waals surface area contributed by atoms with E-state index in [9.17, 15) is 9.59 Å². The van der Waals surface area contributed by atoms with Crippen molar-refractivity contribution in [2.75, 3.05) is 5.73 Å². The van der Waals surface area contributed by atoms with Gasteiger partial charge in [-0.15, -0.1) is 0 Å². The van der Waals surface area contributed by atoms with Crippen LogP contribution in [-0.2, 0) is 4.79 Å². The molecule has 4 N–H and O–H groups in total. The summed E-state index contributed by atoms with van der Waals surface area (Å²) in [5.74, 6) is -1.47.